The maximum atomic E-state index is 12.2. The van der Waals surface area contributed by atoms with Crippen LogP contribution in [0, 0.1) is 0 Å². The summed E-state index contributed by atoms with van der Waals surface area (Å²) < 4.78 is 11.5. The van der Waals surface area contributed by atoms with Crippen molar-refractivity contribution in [2.24, 2.45) is 0 Å². The number of nitrogens with one attached hydrogen (secondary N) is 1. The normalized spacial score (nSPS) is 15.7. The molecule has 0 unspecified atom stereocenters. The molecular formula is C26H28ClN5O3. The minimum atomic E-state index is -0.306. The second kappa shape index (κ2) is 10.6. The van der Waals surface area contributed by atoms with Crippen molar-refractivity contribution in [1.82, 2.24) is 14.9 Å². The first-order chi connectivity index (χ1) is 17.1. The number of carbonyl (C=O) groups is 1. The lowest BCUT2D eigenvalue weighted by Crippen LogP contribution is -2.37. The molecule has 2 aromatic carbocycles. The van der Waals surface area contributed by atoms with Gasteiger partial charge in [0.05, 0.1) is 31.0 Å². The Labute approximate surface area is 209 Å². The Balaban J connectivity index is 1.42. The number of amides is 1. The third-order valence-electron chi connectivity index (χ3n) is 6.34. The second-order valence-corrected chi connectivity index (χ2v) is 9.02. The monoisotopic (exact) mass is 493 g/mol. The van der Waals surface area contributed by atoms with Crippen molar-refractivity contribution in [3.63, 3.8) is 0 Å². The molecule has 8 nitrogen and oxygen atoms in total. The van der Waals surface area contributed by atoms with Gasteiger partial charge in [0.15, 0.2) is 0 Å². The molecule has 9 heteroatoms. The van der Waals surface area contributed by atoms with E-state index >= 15 is 0 Å². The van der Waals surface area contributed by atoms with Gasteiger partial charge < -0.3 is 19.7 Å². The molecule has 0 saturated carbocycles. The average Bonchev–Trinajstić information content (AvgIpc) is 3.29. The van der Waals surface area contributed by atoms with Crippen molar-refractivity contribution in [2.45, 2.75) is 12.8 Å². The van der Waals surface area contributed by atoms with Gasteiger partial charge in [-0.05, 0) is 42.7 Å². The number of hydrogen-bond donors (Lipinski definition) is 1. The van der Waals surface area contributed by atoms with Gasteiger partial charge in [-0.25, -0.2) is 9.97 Å². The zero-order valence-electron chi connectivity index (χ0n) is 19.5. The van der Waals surface area contributed by atoms with Crippen LogP contribution in [-0.4, -0.2) is 66.8 Å². The van der Waals surface area contributed by atoms with Crippen LogP contribution in [0.4, 0.5) is 17.2 Å². The lowest BCUT2D eigenvalue weighted by atomic mass is 10.1. The fourth-order valence-corrected chi connectivity index (χ4v) is 4.72. The lowest BCUT2D eigenvalue weighted by Gasteiger charge is -2.26. The second-order valence-electron chi connectivity index (χ2n) is 8.59. The van der Waals surface area contributed by atoms with E-state index in [1.54, 1.807) is 6.33 Å². The number of anilines is 3. The molecule has 0 bridgehead atoms. The SMILES string of the molecule is C=CC(=O)Nc1cc2c(N3CCc4ccc(Cl)cc43)ncnc2cc1OCCCN1CCOCC1. The Bertz CT molecular complexity index is 1250. The van der Waals surface area contributed by atoms with Crippen LogP contribution in [0.15, 0.2) is 49.3 Å². The predicted molar refractivity (Wildman–Crippen MR) is 138 cm³/mol. The summed E-state index contributed by atoms with van der Waals surface area (Å²) in [6.45, 7) is 9.27. The number of fused-ring (bicyclic) bond motifs is 2. The number of morpholine rings is 1. The zero-order valence-corrected chi connectivity index (χ0v) is 20.3. The Morgan fingerprint density at radius 2 is 2.06 bits per heavy atom. The van der Waals surface area contributed by atoms with E-state index in [9.17, 15) is 4.79 Å². The average molecular weight is 494 g/mol. The first-order valence-corrected chi connectivity index (χ1v) is 12.2. The highest BCUT2D eigenvalue weighted by molar-refractivity contribution is 6.31. The highest BCUT2D eigenvalue weighted by Gasteiger charge is 2.24. The van der Waals surface area contributed by atoms with Crippen LogP contribution >= 0.6 is 11.6 Å². The van der Waals surface area contributed by atoms with Crippen LogP contribution in [0.5, 0.6) is 5.75 Å². The van der Waals surface area contributed by atoms with E-state index in [2.05, 4.69) is 37.7 Å². The maximum absolute atomic E-state index is 12.2. The number of rotatable bonds is 8. The smallest absolute Gasteiger partial charge is 0.247 e. The standard InChI is InChI=1S/C26H28ClN5O3/c1-2-25(33)30-22-15-20-21(16-24(22)35-11-3-7-31-9-12-34-13-10-31)28-17-29-26(20)32-8-6-18-4-5-19(27)14-23(18)32/h2,4-5,14-17H,1,3,6-13H2,(H,30,33). The van der Waals surface area contributed by atoms with Crippen molar-refractivity contribution in [2.75, 3.05) is 56.2 Å². The summed E-state index contributed by atoms with van der Waals surface area (Å²) in [5, 5.41) is 4.39. The molecule has 0 spiro atoms. The molecule has 1 amide bonds. The summed E-state index contributed by atoms with van der Waals surface area (Å²) >= 11 is 6.28. The van der Waals surface area contributed by atoms with Crippen molar-refractivity contribution >= 4 is 45.6 Å². The molecule has 1 N–H and O–H groups in total. The molecular weight excluding hydrogens is 466 g/mol. The highest BCUT2D eigenvalue weighted by Crippen LogP contribution is 2.40. The fourth-order valence-electron chi connectivity index (χ4n) is 4.55. The molecule has 3 heterocycles. The molecule has 2 aliphatic heterocycles. The number of carbonyl (C=O) groups excluding carboxylic acids is 1. The summed E-state index contributed by atoms with van der Waals surface area (Å²) in [5.74, 6) is 1.03. The van der Waals surface area contributed by atoms with Gasteiger partial charge in [0.1, 0.15) is 17.9 Å². The van der Waals surface area contributed by atoms with Gasteiger partial charge in [-0.3, -0.25) is 9.69 Å². The highest BCUT2D eigenvalue weighted by atomic mass is 35.5. The Morgan fingerprint density at radius 3 is 2.89 bits per heavy atom. The quantitative estimate of drug-likeness (QED) is 0.372. The molecule has 1 fully saturated rings. The fraction of sp³-hybridized carbons (Fsp3) is 0.346. The van der Waals surface area contributed by atoms with Gasteiger partial charge in [0.25, 0.3) is 0 Å². The Hall–Kier alpha value is -3.20. The van der Waals surface area contributed by atoms with E-state index in [0.29, 0.717) is 23.1 Å². The molecule has 0 atom stereocenters. The zero-order chi connectivity index (χ0) is 24.2. The van der Waals surface area contributed by atoms with Crippen molar-refractivity contribution in [1.29, 1.82) is 0 Å². The Kier molecular flexibility index (Phi) is 7.13. The van der Waals surface area contributed by atoms with Crippen molar-refractivity contribution < 1.29 is 14.3 Å². The molecule has 2 aliphatic rings. The van der Waals surface area contributed by atoms with E-state index < -0.39 is 0 Å². The molecule has 0 aliphatic carbocycles. The molecule has 0 radical (unpaired) electrons. The van der Waals surface area contributed by atoms with Crippen molar-refractivity contribution in [3.05, 3.63) is 59.9 Å². The van der Waals surface area contributed by atoms with E-state index in [0.717, 1.165) is 74.6 Å². The van der Waals surface area contributed by atoms with Crippen LogP contribution in [0.25, 0.3) is 10.9 Å². The van der Waals surface area contributed by atoms with E-state index in [4.69, 9.17) is 21.1 Å². The van der Waals surface area contributed by atoms with Crippen LogP contribution in [-0.2, 0) is 16.0 Å². The maximum Gasteiger partial charge on any atom is 0.247 e. The first-order valence-electron chi connectivity index (χ1n) is 11.8. The van der Waals surface area contributed by atoms with Gasteiger partial charge in [-0.1, -0.05) is 24.2 Å². The molecule has 5 rings (SSSR count). The number of aromatic nitrogens is 2. The summed E-state index contributed by atoms with van der Waals surface area (Å²) in [4.78, 5) is 25.8. The lowest BCUT2D eigenvalue weighted by molar-refractivity contribution is -0.111. The topological polar surface area (TPSA) is 79.8 Å². The third-order valence-corrected chi connectivity index (χ3v) is 6.57. The van der Waals surface area contributed by atoms with Crippen molar-refractivity contribution in [3.8, 4) is 5.75 Å². The van der Waals surface area contributed by atoms with E-state index in [1.165, 1.54) is 11.6 Å². The summed E-state index contributed by atoms with van der Waals surface area (Å²) in [6, 6.07) is 9.67. The number of benzene rings is 2. The van der Waals surface area contributed by atoms with Gasteiger partial charge in [-0.2, -0.15) is 0 Å². The van der Waals surface area contributed by atoms with Gasteiger partial charge >= 0.3 is 0 Å². The van der Waals surface area contributed by atoms with Crippen LogP contribution in [0.3, 0.4) is 0 Å². The Morgan fingerprint density at radius 1 is 1.20 bits per heavy atom. The first kappa shape index (κ1) is 23.5. The van der Waals surface area contributed by atoms with Crippen LogP contribution in [0.1, 0.15) is 12.0 Å². The summed E-state index contributed by atoms with van der Waals surface area (Å²) in [6.07, 6.45) is 4.58. The largest absolute Gasteiger partial charge is 0.491 e. The van der Waals surface area contributed by atoms with E-state index in [-0.39, 0.29) is 5.91 Å². The third kappa shape index (κ3) is 5.24. The van der Waals surface area contributed by atoms with Gasteiger partial charge in [-0.15, -0.1) is 0 Å². The summed E-state index contributed by atoms with van der Waals surface area (Å²) in [5.41, 5.74) is 3.57. The molecule has 1 saturated heterocycles. The van der Waals surface area contributed by atoms with Gasteiger partial charge in [0, 0.05) is 48.3 Å². The molecule has 35 heavy (non-hydrogen) atoms. The number of nitrogens with zero attached hydrogens (tertiary/aromatic N) is 4. The minimum absolute atomic E-state index is 0.306. The van der Waals surface area contributed by atoms with Gasteiger partial charge in [0.2, 0.25) is 5.91 Å². The molecule has 1 aromatic heterocycles. The van der Waals surface area contributed by atoms with Crippen LogP contribution < -0.4 is 15.0 Å². The number of hydrogen-bond acceptors (Lipinski definition) is 7. The molecule has 182 valence electrons. The number of ether oxygens (including phenoxy) is 2. The molecule has 3 aromatic rings. The minimum Gasteiger partial charge on any atom is -0.491 e. The number of halogens is 1. The van der Waals surface area contributed by atoms with E-state index in [1.807, 2.05) is 24.3 Å². The predicted octanol–water partition coefficient (Wildman–Crippen LogP) is 4.20. The van der Waals surface area contributed by atoms with Crippen LogP contribution in [0.2, 0.25) is 5.02 Å². The summed E-state index contributed by atoms with van der Waals surface area (Å²) in [7, 11) is 0.